The number of hydrogen-bond donors (Lipinski definition) is 2. The highest BCUT2D eigenvalue weighted by Gasteiger charge is 2.25. The first-order valence-electron chi connectivity index (χ1n) is 11.1. The molecule has 5 rings (SSSR count). The summed E-state index contributed by atoms with van der Waals surface area (Å²) >= 11 is 3.54. The Morgan fingerprint density at radius 1 is 1.20 bits per heavy atom. The monoisotopic (exact) mass is 444 g/mol. The Morgan fingerprint density at radius 2 is 2.10 bits per heavy atom. The third-order valence-corrected chi connectivity index (χ3v) is 8.58. The van der Waals surface area contributed by atoms with Crippen LogP contribution >= 0.6 is 22.7 Å². The number of nitrogens with zero attached hydrogens (tertiary/aromatic N) is 2. The number of Topliss-reactive ketones (excluding diaryl/α,β-unsaturated/α-hetero) is 1. The summed E-state index contributed by atoms with van der Waals surface area (Å²) in [6, 6.07) is 2.03. The Morgan fingerprint density at radius 3 is 2.97 bits per heavy atom. The Kier molecular flexibility index (Phi) is 6.22. The van der Waals surface area contributed by atoms with Crippen molar-refractivity contribution in [3.63, 3.8) is 0 Å². The van der Waals surface area contributed by atoms with Crippen molar-refractivity contribution < 1.29 is 7.65 Å². The van der Waals surface area contributed by atoms with Crippen molar-refractivity contribution in [2.45, 2.75) is 51.5 Å². The Labute approximate surface area is 188 Å². The average molecular weight is 445 g/mol. The van der Waals surface area contributed by atoms with Crippen molar-refractivity contribution in [3.05, 3.63) is 33.8 Å². The van der Waals surface area contributed by atoms with Gasteiger partial charge in [-0.05, 0) is 69.3 Å². The fraction of sp³-hybridized carbons (Fsp3) is 0.522. The van der Waals surface area contributed by atoms with E-state index >= 15 is 0 Å². The number of nitrogens with one attached hydrogen (secondary N) is 2. The molecule has 2 aliphatic rings. The van der Waals surface area contributed by atoms with Gasteiger partial charge in [0, 0.05) is 43.8 Å². The van der Waals surface area contributed by atoms with Gasteiger partial charge in [-0.2, -0.15) is 0 Å². The van der Waals surface area contributed by atoms with Crippen LogP contribution in [0, 0.1) is 5.92 Å². The van der Waals surface area contributed by atoms with Crippen LogP contribution in [0.25, 0.3) is 20.8 Å². The summed E-state index contributed by atoms with van der Waals surface area (Å²) in [5, 5.41) is 7.95. The number of rotatable bonds is 7. The molecule has 3 aromatic rings. The Hall–Kier alpha value is -1.67. The number of pyridine rings is 1. The first kappa shape index (κ1) is 20.2. The Balaban J connectivity index is 0.00000144. The maximum atomic E-state index is 12.9. The SMILES string of the molecule is O=C(CCCC1CCNCC1)Cc1sc2c(c1-c1nc3cnccc3s1)CCNC2.[HH].[HH]. The average Bonchev–Trinajstić information content (AvgIpc) is 3.34. The van der Waals surface area contributed by atoms with E-state index in [9.17, 15) is 4.79 Å². The summed E-state index contributed by atoms with van der Waals surface area (Å²) in [6.45, 7) is 4.17. The van der Waals surface area contributed by atoms with Crippen LogP contribution in [0.3, 0.4) is 0 Å². The second kappa shape index (κ2) is 9.22. The number of hydrogen-bond acceptors (Lipinski definition) is 7. The van der Waals surface area contributed by atoms with Crippen molar-refractivity contribution in [1.29, 1.82) is 0 Å². The number of piperidine rings is 1. The fourth-order valence-corrected chi connectivity index (χ4v) is 7.13. The van der Waals surface area contributed by atoms with Crippen LogP contribution < -0.4 is 10.6 Å². The fourth-order valence-electron chi connectivity index (χ4n) is 4.68. The van der Waals surface area contributed by atoms with E-state index in [1.807, 2.05) is 29.8 Å². The molecule has 0 bridgehead atoms. The molecule has 0 amide bonds. The van der Waals surface area contributed by atoms with Gasteiger partial charge in [0.05, 0.1) is 10.9 Å². The van der Waals surface area contributed by atoms with E-state index < -0.39 is 0 Å². The molecule has 1 saturated heterocycles. The van der Waals surface area contributed by atoms with E-state index in [1.165, 1.54) is 40.1 Å². The van der Waals surface area contributed by atoms with Crippen molar-refractivity contribution >= 4 is 38.7 Å². The predicted octanol–water partition coefficient (Wildman–Crippen LogP) is 4.84. The molecule has 5 heterocycles. The van der Waals surface area contributed by atoms with Crippen LogP contribution in [0.1, 0.15) is 50.3 Å². The lowest BCUT2D eigenvalue weighted by molar-refractivity contribution is -0.118. The molecular weight excluding hydrogens is 412 g/mol. The van der Waals surface area contributed by atoms with Gasteiger partial charge in [-0.3, -0.25) is 9.78 Å². The number of carbonyl (C=O) groups is 1. The molecule has 7 heteroatoms. The zero-order chi connectivity index (χ0) is 20.3. The smallest absolute Gasteiger partial charge is 0.138 e. The van der Waals surface area contributed by atoms with Crippen molar-refractivity contribution in [1.82, 2.24) is 20.6 Å². The van der Waals surface area contributed by atoms with Gasteiger partial charge < -0.3 is 10.6 Å². The highest BCUT2D eigenvalue weighted by atomic mass is 32.1. The molecule has 30 heavy (non-hydrogen) atoms. The summed E-state index contributed by atoms with van der Waals surface area (Å²) in [4.78, 5) is 24.6. The maximum Gasteiger partial charge on any atom is 0.138 e. The normalized spacial score (nSPS) is 17.3. The van der Waals surface area contributed by atoms with Crippen LogP contribution in [-0.2, 0) is 24.2 Å². The van der Waals surface area contributed by atoms with E-state index in [2.05, 4.69) is 15.6 Å². The van der Waals surface area contributed by atoms with Crippen LogP contribution in [-0.4, -0.2) is 35.4 Å². The van der Waals surface area contributed by atoms with Gasteiger partial charge in [-0.15, -0.1) is 22.7 Å². The second-order valence-corrected chi connectivity index (χ2v) is 10.6. The molecule has 0 radical (unpaired) electrons. The quantitative estimate of drug-likeness (QED) is 0.546. The molecule has 0 spiro atoms. The van der Waals surface area contributed by atoms with Gasteiger partial charge in [0.25, 0.3) is 0 Å². The van der Waals surface area contributed by atoms with E-state index in [4.69, 9.17) is 4.98 Å². The van der Waals surface area contributed by atoms with Crippen molar-refractivity contribution in [2.24, 2.45) is 5.92 Å². The molecular formula is C23H32N4OS2. The number of thiazole rings is 1. The largest absolute Gasteiger partial charge is 0.317 e. The number of aromatic nitrogens is 2. The third kappa shape index (κ3) is 4.35. The molecule has 0 atom stereocenters. The van der Waals surface area contributed by atoms with E-state index in [0.29, 0.717) is 18.6 Å². The molecule has 0 aromatic carbocycles. The van der Waals surface area contributed by atoms with Crippen LogP contribution in [0.5, 0.6) is 0 Å². The minimum atomic E-state index is 0. The summed E-state index contributed by atoms with van der Waals surface area (Å²) < 4.78 is 1.16. The zero-order valence-corrected chi connectivity index (χ0v) is 18.8. The molecule has 0 saturated carbocycles. The highest BCUT2D eigenvalue weighted by Crippen LogP contribution is 2.41. The molecule has 1 fully saturated rings. The lowest BCUT2D eigenvalue weighted by Gasteiger charge is -2.22. The van der Waals surface area contributed by atoms with Gasteiger partial charge in [0.1, 0.15) is 16.3 Å². The second-order valence-electron chi connectivity index (χ2n) is 8.39. The topological polar surface area (TPSA) is 66.9 Å². The zero-order valence-electron chi connectivity index (χ0n) is 17.2. The van der Waals surface area contributed by atoms with E-state index in [-0.39, 0.29) is 2.85 Å². The van der Waals surface area contributed by atoms with Crippen molar-refractivity contribution in [3.8, 4) is 10.6 Å². The number of carbonyl (C=O) groups excluding carboxylic acids is 1. The van der Waals surface area contributed by atoms with Crippen LogP contribution in [0.15, 0.2) is 18.5 Å². The minimum Gasteiger partial charge on any atom is -0.317 e. The van der Waals surface area contributed by atoms with E-state index in [1.54, 1.807) is 11.3 Å². The lowest BCUT2D eigenvalue weighted by atomic mass is 9.91. The summed E-state index contributed by atoms with van der Waals surface area (Å²) in [6.07, 6.45) is 10.7. The van der Waals surface area contributed by atoms with Gasteiger partial charge in [-0.25, -0.2) is 4.98 Å². The first-order valence-corrected chi connectivity index (χ1v) is 12.7. The third-order valence-electron chi connectivity index (χ3n) is 6.29. The predicted molar refractivity (Wildman–Crippen MR) is 129 cm³/mol. The highest BCUT2D eigenvalue weighted by molar-refractivity contribution is 7.22. The maximum absolute atomic E-state index is 12.9. The molecule has 162 valence electrons. The van der Waals surface area contributed by atoms with Crippen LogP contribution in [0.2, 0.25) is 0 Å². The van der Waals surface area contributed by atoms with Gasteiger partial charge >= 0.3 is 0 Å². The standard InChI is InChI=1S/C23H28N4OS2.2H2/c28-16(3-1-2-15-4-8-24-9-5-15)12-20-22(17-6-10-26-14-21(17)29-20)23-27-18-13-25-11-7-19(18)30-23;;/h7,11,13,15,24,26H,1-6,8-10,12,14H2;2*1H. The van der Waals surface area contributed by atoms with E-state index in [0.717, 1.165) is 60.2 Å². The number of ketones is 1. The molecule has 0 unspecified atom stereocenters. The molecule has 0 aliphatic carbocycles. The van der Waals surface area contributed by atoms with Gasteiger partial charge in [-0.1, -0.05) is 0 Å². The summed E-state index contributed by atoms with van der Waals surface area (Å²) in [5.41, 5.74) is 3.60. The van der Waals surface area contributed by atoms with Crippen molar-refractivity contribution in [2.75, 3.05) is 19.6 Å². The molecule has 3 aromatic heterocycles. The van der Waals surface area contributed by atoms with Gasteiger partial charge in [0.15, 0.2) is 0 Å². The molecule has 2 aliphatic heterocycles. The minimum absolute atomic E-state index is 0. The van der Waals surface area contributed by atoms with Crippen LogP contribution in [0.4, 0.5) is 0 Å². The number of thiophene rings is 1. The number of fused-ring (bicyclic) bond motifs is 2. The molecule has 5 nitrogen and oxygen atoms in total. The Bertz CT molecular complexity index is 1010. The summed E-state index contributed by atoms with van der Waals surface area (Å²) in [7, 11) is 0. The summed E-state index contributed by atoms with van der Waals surface area (Å²) in [5.74, 6) is 1.17. The lowest BCUT2D eigenvalue weighted by Crippen LogP contribution is -2.27. The first-order chi connectivity index (χ1) is 14.8. The molecule has 2 N–H and O–H groups in total. The van der Waals surface area contributed by atoms with Gasteiger partial charge in [0.2, 0.25) is 0 Å².